The maximum Gasteiger partial charge on any atom is 0.161 e. The highest BCUT2D eigenvalue weighted by atomic mass is 16.5. The fraction of sp³-hybridized carbons (Fsp3) is 0.417. The number of ether oxygens (including phenoxy) is 1. The van der Waals surface area contributed by atoms with Crippen LogP contribution in [-0.4, -0.2) is 24.8 Å². The molecule has 0 aromatic heterocycles. The Hall–Kier alpha value is -2.42. The molecule has 1 rings (SSSR count). The molecule has 1 aromatic carbocycles. The van der Waals surface area contributed by atoms with Crippen molar-refractivity contribution in [3.05, 3.63) is 34.2 Å². The van der Waals surface area contributed by atoms with Gasteiger partial charge in [0.1, 0.15) is 6.04 Å². The number of nitrogens with one attached hydrogen (secondary N) is 1. The molecule has 0 saturated carbocycles. The van der Waals surface area contributed by atoms with Crippen molar-refractivity contribution in [2.75, 3.05) is 19.7 Å². The topological polar surface area (TPSA) is 114 Å². The van der Waals surface area contributed by atoms with Gasteiger partial charge >= 0.3 is 0 Å². The van der Waals surface area contributed by atoms with Crippen molar-refractivity contribution in [2.45, 2.75) is 13.0 Å². The minimum Gasteiger partial charge on any atom is -0.504 e. The third kappa shape index (κ3) is 4.39. The second-order valence-electron chi connectivity index (χ2n) is 3.63. The van der Waals surface area contributed by atoms with Gasteiger partial charge in [0, 0.05) is 18.0 Å². The molecule has 0 heterocycles. The summed E-state index contributed by atoms with van der Waals surface area (Å²) >= 11 is 0. The van der Waals surface area contributed by atoms with E-state index in [1.54, 1.807) is 12.1 Å². The molecule has 7 heteroatoms. The molecule has 0 bridgehead atoms. The predicted octanol–water partition coefficient (Wildman–Crippen LogP) is 2.26. The maximum atomic E-state index is 9.58. The SMILES string of the molecule is CCOc1cc(C(C#N)NCCN=[N+]=[N-])ccc1O. The van der Waals surface area contributed by atoms with Crippen LogP contribution in [0.2, 0.25) is 0 Å². The highest BCUT2D eigenvalue weighted by Crippen LogP contribution is 2.29. The molecule has 100 valence electrons. The van der Waals surface area contributed by atoms with Gasteiger partial charge in [-0.05, 0) is 30.2 Å². The first kappa shape index (κ1) is 14.6. The molecule has 0 aliphatic carbocycles. The zero-order chi connectivity index (χ0) is 14.1. The average molecular weight is 261 g/mol. The van der Waals surface area contributed by atoms with Crippen molar-refractivity contribution in [3.8, 4) is 17.6 Å². The van der Waals surface area contributed by atoms with Crippen LogP contribution >= 0.6 is 0 Å². The fourth-order valence-electron chi connectivity index (χ4n) is 1.52. The Morgan fingerprint density at radius 1 is 1.63 bits per heavy atom. The molecule has 0 fully saturated rings. The standard InChI is InChI=1S/C12H15N5O2/c1-2-19-12-7-9(3-4-11(12)18)10(8-13)15-5-6-16-17-14/h3-4,7,10,15,18H,2,5-6H2,1H3. The van der Waals surface area contributed by atoms with Gasteiger partial charge in [-0.25, -0.2) is 0 Å². The lowest BCUT2D eigenvalue weighted by atomic mass is 10.1. The number of hydrogen-bond acceptors (Lipinski definition) is 5. The first-order chi connectivity index (χ1) is 9.22. The van der Waals surface area contributed by atoms with Crippen LogP contribution in [0.15, 0.2) is 23.3 Å². The number of nitriles is 1. The summed E-state index contributed by atoms with van der Waals surface area (Å²) in [5.41, 5.74) is 8.84. The molecular weight excluding hydrogens is 246 g/mol. The Balaban J connectivity index is 2.78. The van der Waals surface area contributed by atoms with Gasteiger partial charge in [0.05, 0.1) is 12.7 Å². The Labute approximate surface area is 111 Å². The van der Waals surface area contributed by atoms with Crippen molar-refractivity contribution in [1.29, 1.82) is 5.26 Å². The molecule has 19 heavy (non-hydrogen) atoms. The van der Waals surface area contributed by atoms with Crippen molar-refractivity contribution in [3.63, 3.8) is 0 Å². The lowest BCUT2D eigenvalue weighted by Gasteiger charge is -2.13. The second kappa shape index (κ2) is 7.82. The molecule has 0 saturated heterocycles. The number of benzene rings is 1. The van der Waals surface area contributed by atoms with E-state index in [0.29, 0.717) is 24.5 Å². The van der Waals surface area contributed by atoms with Gasteiger partial charge in [-0.2, -0.15) is 5.26 Å². The van der Waals surface area contributed by atoms with E-state index in [1.165, 1.54) is 6.07 Å². The van der Waals surface area contributed by atoms with Crippen LogP contribution in [-0.2, 0) is 0 Å². The van der Waals surface area contributed by atoms with Crippen LogP contribution in [0.1, 0.15) is 18.5 Å². The van der Waals surface area contributed by atoms with Gasteiger partial charge in [0.15, 0.2) is 11.5 Å². The molecule has 0 amide bonds. The zero-order valence-corrected chi connectivity index (χ0v) is 10.6. The lowest BCUT2D eigenvalue weighted by molar-refractivity contribution is 0.317. The van der Waals surface area contributed by atoms with Gasteiger partial charge in [0.25, 0.3) is 0 Å². The molecule has 1 atom stereocenters. The van der Waals surface area contributed by atoms with E-state index in [1.807, 2.05) is 6.92 Å². The molecule has 2 N–H and O–H groups in total. The number of rotatable bonds is 7. The summed E-state index contributed by atoms with van der Waals surface area (Å²) in [5.74, 6) is 0.383. The summed E-state index contributed by atoms with van der Waals surface area (Å²) in [6, 6.07) is 6.30. The molecule has 0 spiro atoms. The van der Waals surface area contributed by atoms with Gasteiger partial charge in [-0.3, -0.25) is 5.32 Å². The number of phenolic OH excluding ortho intramolecular Hbond substituents is 1. The van der Waals surface area contributed by atoms with Crippen LogP contribution in [0.4, 0.5) is 0 Å². The quantitative estimate of drug-likeness (QED) is 0.339. The molecule has 1 aromatic rings. The third-order valence-electron chi connectivity index (χ3n) is 2.37. The van der Waals surface area contributed by atoms with Crippen LogP contribution in [0.3, 0.4) is 0 Å². The maximum absolute atomic E-state index is 9.58. The van der Waals surface area contributed by atoms with Gasteiger partial charge < -0.3 is 9.84 Å². The lowest BCUT2D eigenvalue weighted by Crippen LogP contribution is -2.22. The summed E-state index contributed by atoms with van der Waals surface area (Å²) < 4.78 is 5.26. The summed E-state index contributed by atoms with van der Waals surface area (Å²) in [7, 11) is 0. The molecule has 1 unspecified atom stereocenters. The van der Waals surface area contributed by atoms with E-state index >= 15 is 0 Å². The van der Waals surface area contributed by atoms with Gasteiger partial charge in [-0.15, -0.1) is 0 Å². The summed E-state index contributed by atoms with van der Waals surface area (Å²) in [5, 5.41) is 25.0. The number of hydrogen-bond donors (Lipinski definition) is 2. The van der Waals surface area contributed by atoms with Gasteiger partial charge in [0.2, 0.25) is 0 Å². The van der Waals surface area contributed by atoms with Crippen molar-refractivity contribution in [1.82, 2.24) is 5.32 Å². The van der Waals surface area contributed by atoms with Gasteiger partial charge in [-0.1, -0.05) is 11.2 Å². The zero-order valence-electron chi connectivity index (χ0n) is 10.6. The van der Waals surface area contributed by atoms with E-state index in [0.717, 1.165) is 0 Å². The summed E-state index contributed by atoms with van der Waals surface area (Å²) in [4.78, 5) is 2.63. The van der Waals surface area contributed by atoms with E-state index < -0.39 is 6.04 Å². The van der Waals surface area contributed by atoms with Crippen LogP contribution < -0.4 is 10.1 Å². The smallest absolute Gasteiger partial charge is 0.161 e. The number of nitrogens with zero attached hydrogens (tertiary/aromatic N) is 4. The third-order valence-corrected chi connectivity index (χ3v) is 2.37. The minimum atomic E-state index is -0.548. The first-order valence-electron chi connectivity index (χ1n) is 5.82. The van der Waals surface area contributed by atoms with Crippen LogP contribution in [0, 0.1) is 11.3 Å². The van der Waals surface area contributed by atoms with Crippen LogP contribution in [0.25, 0.3) is 10.4 Å². The Morgan fingerprint density at radius 3 is 3.05 bits per heavy atom. The molecular formula is C12H15N5O2. The number of azide groups is 1. The normalized spacial score (nSPS) is 11.2. The Bertz CT molecular complexity index is 505. The van der Waals surface area contributed by atoms with Crippen LogP contribution in [0.5, 0.6) is 11.5 Å². The van der Waals surface area contributed by atoms with E-state index in [2.05, 4.69) is 21.4 Å². The Morgan fingerprint density at radius 2 is 2.42 bits per heavy atom. The predicted molar refractivity (Wildman–Crippen MR) is 69.6 cm³/mol. The molecule has 0 radical (unpaired) electrons. The fourth-order valence-corrected chi connectivity index (χ4v) is 1.52. The van der Waals surface area contributed by atoms with E-state index in [4.69, 9.17) is 15.5 Å². The average Bonchev–Trinajstić information content (AvgIpc) is 2.42. The summed E-state index contributed by atoms with van der Waals surface area (Å²) in [6.07, 6.45) is 0. The number of aromatic hydroxyl groups is 1. The molecule has 7 nitrogen and oxygen atoms in total. The Kier molecular flexibility index (Phi) is 6.03. The molecule has 0 aliphatic heterocycles. The largest absolute Gasteiger partial charge is 0.504 e. The van der Waals surface area contributed by atoms with Crippen molar-refractivity contribution >= 4 is 0 Å². The summed E-state index contributed by atoms with van der Waals surface area (Å²) in [6.45, 7) is 2.91. The van der Waals surface area contributed by atoms with E-state index in [-0.39, 0.29) is 12.3 Å². The highest BCUT2D eigenvalue weighted by Gasteiger charge is 2.12. The minimum absolute atomic E-state index is 0.0383. The second-order valence-corrected chi connectivity index (χ2v) is 3.63. The first-order valence-corrected chi connectivity index (χ1v) is 5.82. The van der Waals surface area contributed by atoms with E-state index in [9.17, 15) is 5.11 Å². The monoisotopic (exact) mass is 261 g/mol. The van der Waals surface area contributed by atoms with Crippen molar-refractivity contribution in [2.24, 2.45) is 5.11 Å². The highest BCUT2D eigenvalue weighted by molar-refractivity contribution is 5.43. The number of phenols is 1. The van der Waals surface area contributed by atoms with Crippen molar-refractivity contribution < 1.29 is 9.84 Å². The molecule has 0 aliphatic rings.